The molecule has 116 valence electrons. The first-order valence-electron chi connectivity index (χ1n) is 7.93. The second-order valence-corrected chi connectivity index (χ2v) is 6.71. The molecule has 0 fully saturated rings. The SMILES string of the molecule is CC1(C)c2ccccc2-c2ccc(Cc3ccccc3)cc21.F. The third-order valence-corrected chi connectivity index (χ3v) is 4.90. The second kappa shape index (κ2) is 5.66. The Hall–Kier alpha value is -2.41. The van der Waals surface area contributed by atoms with E-state index in [-0.39, 0.29) is 10.1 Å². The largest absolute Gasteiger partial charge is 0.269 e. The van der Waals surface area contributed by atoms with E-state index in [2.05, 4.69) is 86.6 Å². The lowest BCUT2D eigenvalue weighted by atomic mass is 9.81. The Morgan fingerprint density at radius 2 is 1.30 bits per heavy atom. The van der Waals surface area contributed by atoms with Gasteiger partial charge in [-0.15, -0.1) is 0 Å². The van der Waals surface area contributed by atoms with Gasteiger partial charge in [-0.2, -0.15) is 0 Å². The van der Waals surface area contributed by atoms with Crippen LogP contribution in [0.1, 0.15) is 36.1 Å². The van der Waals surface area contributed by atoms with Crippen molar-refractivity contribution < 1.29 is 4.70 Å². The molecule has 1 aliphatic rings. The van der Waals surface area contributed by atoms with Gasteiger partial charge >= 0.3 is 0 Å². The molecule has 0 amide bonds. The van der Waals surface area contributed by atoms with Crippen molar-refractivity contribution in [3.63, 3.8) is 0 Å². The van der Waals surface area contributed by atoms with Crippen molar-refractivity contribution in [3.05, 3.63) is 95.1 Å². The fourth-order valence-electron chi connectivity index (χ4n) is 3.69. The zero-order chi connectivity index (χ0) is 15.2. The van der Waals surface area contributed by atoms with Crippen LogP contribution in [0.3, 0.4) is 0 Å². The van der Waals surface area contributed by atoms with Gasteiger partial charge in [0.25, 0.3) is 0 Å². The van der Waals surface area contributed by atoms with Gasteiger partial charge in [0.1, 0.15) is 0 Å². The average molecular weight is 304 g/mol. The Balaban J connectivity index is 0.00000156. The summed E-state index contributed by atoms with van der Waals surface area (Å²) in [6.07, 6.45) is 1.00. The van der Waals surface area contributed by atoms with E-state index in [1.807, 2.05) is 0 Å². The maximum absolute atomic E-state index is 2.41. The summed E-state index contributed by atoms with van der Waals surface area (Å²) in [7, 11) is 0. The van der Waals surface area contributed by atoms with Crippen molar-refractivity contribution in [3.8, 4) is 11.1 Å². The summed E-state index contributed by atoms with van der Waals surface area (Å²) in [5.74, 6) is 0. The lowest BCUT2D eigenvalue weighted by Gasteiger charge is -2.22. The summed E-state index contributed by atoms with van der Waals surface area (Å²) in [5, 5.41) is 0. The smallest absolute Gasteiger partial charge is 0.0158 e. The Labute approximate surface area is 137 Å². The second-order valence-electron chi connectivity index (χ2n) is 6.71. The molecule has 4 rings (SSSR count). The molecular weight excluding hydrogens is 283 g/mol. The zero-order valence-corrected chi connectivity index (χ0v) is 13.5. The molecule has 0 heterocycles. The first kappa shape index (κ1) is 15.5. The maximum atomic E-state index is 2.41. The van der Waals surface area contributed by atoms with Crippen LogP contribution < -0.4 is 0 Å². The quantitative estimate of drug-likeness (QED) is 0.566. The molecule has 0 aromatic heterocycles. The first-order valence-corrected chi connectivity index (χ1v) is 7.93. The van der Waals surface area contributed by atoms with Crippen LogP contribution >= 0.6 is 0 Å². The number of fused-ring (bicyclic) bond motifs is 3. The highest BCUT2D eigenvalue weighted by molar-refractivity contribution is 5.80. The first-order chi connectivity index (χ1) is 10.7. The third-order valence-electron chi connectivity index (χ3n) is 4.90. The molecule has 23 heavy (non-hydrogen) atoms. The molecule has 0 aliphatic heterocycles. The molecule has 1 aliphatic carbocycles. The van der Waals surface area contributed by atoms with Gasteiger partial charge in [-0.25, -0.2) is 0 Å². The number of rotatable bonds is 2. The predicted octanol–water partition coefficient (Wildman–Crippen LogP) is 5.74. The molecule has 0 radical (unpaired) electrons. The van der Waals surface area contributed by atoms with Gasteiger partial charge < -0.3 is 0 Å². The molecule has 3 aromatic rings. The molecule has 0 saturated carbocycles. The van der Waals surface area contributed by atoms with Crippen LogP contribution in [-0.2, 0) is 11.8 Å². The van der Waals surface area contributed by atoms with Gasteiger partial charge in [0, 0.05) is 5.41 Å². The minimum absolute atomic E-state index is 0. The Kier molecular flexibility index (Phi) is 3.81. The highest BCUT2D eigenvalue weighted by Crippen LogP contribution is 2.48. The van der Waals surface area contributed by atoms with Crippen molar-refractivity contribution in [2.24, 2.45) is 0 Å². The molecule has 0 N–H and O–H groups in total. The molecule has 0 atom stereocenters. The van der Waals surface area contributed by atoms with E-state index in [9.17, 15) is 0 Å². The van der Waals surface area contributed by atoms with Crippen molar-refractivity contribution in [1.29, 1.82) is 0 Å². The lowest BCUT2D eigenvalue weighted by molar-refractivity contribution is 0.659. The Morgan fingerprint density at radius 1 is 0.652 bits per heavy atom. The molecule has 0 spiro atoms. The fraction of sp³-hybridized carbons (Fsp3) is 0.182. The summed E-state index contributed by atoms with van der Waals surface area (Å²) in [6, 6.07) is 26.5. The number of hydrogen-bond donors (Lipinski definition) is 0. The predicted molar refractivity (Wildman–Crippen MR) is 95.8 cm³/mol. The zero-order valence-electron chi connectivity index (χ0n) is 13.5. The van der Waals surface area contributed by atoms with Crippen LogP contribution in [0.5, 0.6) is 0 Å². The Morgan fingerprint density at radius 3 is 2.09 bits per heavy atom. The number of benzene rings is 3. The van der Waals surface area contributed by atoms with E-state index in [4.69, 9.17) is 0 Å². The molecule has 1 heteroatoms. The van der Waals surface area contributed by atoms with Crippen molar-refractivity contribution in [2.75, 3.05) is 0 Å². The minimum atomic E-state index is 0. The molecule has 0 bridgehead atoms. The van der Waals surface area contributed by atoms with Crippen LogP contribution in [0.15, 0.2) is 72.8 Å². The molecule has 0 nitrogen and oxygen atoms in total. The fourth-order valence-corrected chi connectivity index (χ4v) is 3.69. The van der Waals surface area contributed by atoms with E-state index in [0.717, 1.165) is 6.42 Å². The highest BCUT2D eigenvalue weighted by atomic mass is 19.0. The lowest BCUT2D eigenvalue weighted by Crippen LogP contribution is -2.15. The van der Waals surface area contributed by atoms with E-state index in [1.165, 1.54) is 33.4 Å². The molecular formula is C22H21F. The number of halogens is 1. The van der Waals surface area contributed by atoms with E-state index in [1.54, 1.807) is 0 Å². The van der Waals surface area contributed by atoms with Gasteiger partial charge in [0.05, 0.1) is 0 Å². The van der Waals surface area contributed by atoms with Gasteiger partial charge in [-0.3, -0.25) is 4.70 Å². The summed E-state index contributed by atoms with van der Waals surface area (Å²) >= 11 is 0. The van der Waals surface area contributed by atoms with E-state index < -0.39 is 0 Å². The van der Waals surface area contributed by atoms with Crippen LogP contribution in [0, 0.1) is 0 Å². The van der Waals surface area contributed by atoms with Gasteiger partial charge in [0.2, 0.25) is 0 Å². The van der Waals surface area contributed by atoms with Crippen LogP contribution in [0.4, 0.5) is 4.70 Å². The van der Waals surface area contributed by atoms with Crippen molar-refractivity contribution in [2.45, 2.75) is 25.7 Å². The van der Waals surface area contributed by atoms with Gasteiger partial charge in [-0.05, 0) is 39.8 Å². The maximum Gasteiger partial charge on any atom is 0.0158 e. The third kappa shape index (κ3) is 2.46. The van der Waals surface area contributed by atoms with E-state index >= 15 is 0 Å². The minimum Gasteiger partial charge on any atom is -0.269 e. The average Bonchev–Trinajstić information content (AvgIpc) is 2.77. The molecule has 3 aromatic carbocycles. The summed E-state index contributed by atoms with van der Waals surface area (Å²) < 4.78 is 0. The van der Waals surface area contributed by atoms with Crippen molar-refractivity contribution in [1.82, 2.24) is 0 Å². The van der Waals surface area contributed by atoms with Crippen LogP contribution in [0.25, 0.3) is 11.1 Å². The number of hydrogen-bond acceptors (Lipinski definition) is 0. The van der Waals surface area contributed by atoms with E-state index in [0.29, 0.717) is 0 Å². The highest BCUT2D eigenvalue weighted by Gasteiger charge is 2.34. The molecule has 0 saturated heterocycles. The van der Waals surface area contributed by atoms with Crippen LogP contribution in [0.2, 0.25) is 0 Å². The topological polar surface area (TPSA) is 0 Å². The summed E-state index contributed by atoms with van der Waals surface area (Å²) in [6.45, 7) is 4.67. The summed E-state index contributed by atoms with van der Waals surface area (Å²) in [5.41, 5.74) is 8.57. The standard InChI is InChI=1S/C22H20.FH/c1-22(2)20-11-7-6-10-18(20)19-13-12-17(15-21(19)22)14-16-8-4-3-5-9-16;/h3-13,15H,14H2,1-2H3;1H. The monoisotopic (exact) mass is 304 g/mol. The van der Waals surface area contributed by atoms with Crippen LogP contribution in [-0.4, -0.2) is 0 Å². The van der Waals surface area contributed by atoms with Gasteiger partial charge in [-0.1, -0.05) is 86.6 Å². The summed E-state index contributed by atoms with van der Waals surface area (Å²) in [4.78, 5) is 0. The van der Waals surface area contributed by atoms with Gasteiger partial charge in [0.15, 0.2) is 0 Å². The molecule has 0 unspecified atom stereocenters. The Bertz CT molecular complexity index is 832. The normalized spacial score (nSPS) is 13.8. The van der Waals surface area contributed by atoms with Crippen molar-refractivity contribution >= 4 is 0 Å².